The number of hydrogen-bond donors (Lipinski definition) is 0. The minimum absolute atomic E-state index is 0.280. The molecule has 0 aromatic carbocycles. The molecule has 0 saturated heterocycles. The molecule has 0 fully saturated rings. The normalized spacial score (nSPS) is 12.3. The van der Waals surface area contributed by atoms with Gasteiger partial charge in [0.05, 0.1) is 20.0 Å². The summed E-state index contributed by atoms with van der Waals surface area (Å²) in [5.41, 5.74) is 0. The van der Waals surface area contributed by atoms with Gasteiger partial charge < -0.3 is 9.47 Å². The Kier molecular flexibility index (Phi) is 6.48. The van der Waals surface area contributed by atoms with E-state index in [4.69, 9.17) is 0 Å². The van der Waals surface area contributed by atoms with Crippen LogP contribution in [0.25, 0.3) is 0 Å². The predicted molar refractivity (Wildman–Crippen MR) is 43.1 cm³/mol. The van der Waals surface area contributed by atoms with Gasteiger partial charge in [0.1, 0.15) is 6.67 Å². The molecule has 0 radical (unpaired) electrons. The lowest BCUT2D eigenvalue weighted by molar-refractivity contribution is -0.160. The summed E-state index contributed by atoms with van der Waals surface area (Å²) in [6, 6.07) is 0. The van der Waals surface area contributed by atoms with Gasteiger partial charge in [-0.3, -0.25) is 9.59 Å². The summed E-state index contributed by atoms with van der Waals surface area (Å²) in [6.45, 7) is -1.46. The number of hydrogen-bond acceptors (Lipinski definition) is 4. The molecular weight excluding hydrogens is 217 g/mol. The van der Waals surface area contributed by atoms with Crippen molar-refractivity contribution in [3.8, 4) is 0 Å². The van der Waals surface area contributed by atoms with Crippen LogP contribution in [0.2, 0.25) is 0 Å². The molecule has 0 N–H and O–H groups in total. The minimum atomic E-state index is -3.07. The summed E-state index contributed by atoms with van der Waals surface area (Å²) >= 11 is 0. The maximum atomic E-state index is 11.9. The smallest absolute Gasteiger partial charge is 0.306 e. The molecule has 1 atom stereocenters. The molecule has 0 amide bonds. The number of ether oxygens (including phenoxy) is 2. The van der Waals surface area contributed by atoms with Crippen LogP contribution in [0.1, 0.15) is 12.8 Å². The van der Waals surface area contributed by atoms with Gasteiger partial charge >= 0.3 is 11.9 Å². The molecule has 0 saturated carbocycles. The van der Waals surface area contributed by atoms with Gasteiger partial charge in [-0.25, -0.2) is 13.2 Å². The first-order chi connectivity index (χ1) is 7.01. The molecule has 0 spiro atoms. The minimum Gasteiger partial charge on any atom is -0.469 e. The van der Waals surface area contributed by atoms with Crippen molar-refractivity contribution in [1.82, 2.24) is 0 Å². The summed E-state index contributed by atoms with van der Waals surface area (Å²) < 4.78 is 44.0. The van der Waals surface area contributed by atoms with E-state index in [0.717, 1.165) is 7.11 Å². The average molecular weight is 228 g/mol. The number of halogens is 3. The van der Waals surface area contributed by atoms with Crippen LogP contribution in [0.15, 0.2) is 0 Å². The van der Waals surface area contributed by atoms with E-state index in [1.54, 1.807) is 0 Å². The molecule has 15 heavy (non-hydrogen) atoms. The summed E-state index contributed by atoms with van der Waals surface area (Å²) in [6.07, 6.45) is -5.82. The fraction of sp³-hybridized carbons (Fsp3) is 0.750. The van der Waals surface area contributed by atoms with E-state index in [1.165, 1.54) is 0 Å². The van der Waals surface area contributed by atoms with Crippen molar-refractivity contribution in [3.63, 3.8) is 0 Å². The summed E-state index contributed by atoms with van der Waals surface area (Å²) in [5, 5.41) is 0. The highest BCUT2D eigenvalue weighted by atomic mass is 19.3. The van der Waals surface area contributed by atoms with Crippen molar-refractivity contribution in [2.75, 3.05) is 13.8 Å². The maximum absolute atomic E-state index is 11.9. The lowest BCUT2D eigenvalue weighted by atomic mass is 10.3. The van der Waals surface area contributed by atoms with Gasteiger partial charge in [0.25, 0.3) is 6.43 Å². The van der Waals surface area contributed by atoms with Crippen LogP contribution < -0.4 is 0 Å². The Morgan fingerprint density at radius 1 is 1.20 bits per heavy atom. The largest absolute Gasteiger partial charge is 0.469 e. The van der Waals surface area contributed by atoms with Crippen molar-refractivity contribution in [2.45, 2.75) is 25.4 Å². The van der Waals surface area contributed by atoms with Crippen LogP contribution in [-0.2, 0) is 19.1 Å². The molecule has 0 bridgehead atoms. The Labute approximate surface area is 84.3 Å². The van der Waals surface area contributed by atoms with Gasteiger partial charge in [0, 0.05) is 0 Å². The SMILES string of the molecule is COC(=O)CCC(=O)OC(CF)C(F)F. The predicted octanol–water partition coefficient (Wildman–Crippen LogP) is 1.09. The Balaban J connectivity index is 3.86. The van der Waals surface area contributed by atoms with Gasteiger partial charge in [-0.15, -0.1) is 0 Å². The van der Waals surface area contributed by atoms with Crippen molar-refractivity contribution >= 4 is 11.9 Å². The molecule has 0 aliphatic heterocycles. The highest BCUT2D eigenvalue weighted by molar-refractivity contribution is 5.77. The van der Waals surface area contributed by atoms with Crippen LogP contribution in [0.3, 0.4) is 0 Å². The fourth-order valence-corrected chi connectivity index (χ4v) is 0.684. The first kappa shape index (κ1) is 13.7. The van der Waals surface area contributed by atoms with Crippen LogP contribution in [0.5, 0.6) is 0 Å². The van der Waals surface area contributed by atoms with Gasteiger partial charge in [-0.1, -0.05) is 0 Å². The number of carbonyl (C=O) groups is 2. The number of esters is 2. The zero-order valence-electron chi connectivity index (χ0n) is 8.04. The molecule has 0 aliphatic rings. The maximum Gasteiger partial charge on any atom is 0.306 e. The van der Waals surface area contributed by atoms with Crippen LogP contribution in [-0.4, -0.2) is 38.3 Å². The molecule has 1 unspecified atom stereocenters. The van der Waals surface area contributed by atoms with E-state index < -0.39 is 37.6 Å². The second kappa shape index (κ2) is 7.08. The molecular formula is C8H11F3O4. The number of carbonyl (C=O) groups excluding carboxylic acids is 2. The van der Waals surface area contributed by atoms with E-state index in [1.807, 2.05) is 0 Å². The van der Waals surface area contributed by atoms with E-state index in [9.17, 15) is 22.8 Å². The quantitative estimate of drug-likeness (QED) is 0.638. The Morgan fingerprint density at radius 2 is 1.73 bits per heavy atom. The van der Waals surface area contributed by atoms with Gasteiger partial charge in [-0.2, -0.15) is 0 Å². The molecule has 88 valence electrons. The highest BCUT2D eigenvalue weighted by Crippen LogP contribution is 2.08. The van der Waals surface area contributed by atoms with E-state index in [2.05, 4.69) is 9.47 Å². The third-order valence-electron chi connectivity index (χ3n) is 1.48. The van der Waals surface area contributed by atoms with E-state index in [0.29, 0.717) is 0 Å². The summed E-state index contributed by atoms with van der Waals surface area (Å²) in [4.78, 5) is 21.4. The van der Waals surface area contributed by atoms with Crippen LogP contribution in [0.4, 0.5) is 13.2 Å². The number of alkyl halides is 3. The zero-order chi connectivity index (χ0) is 11.8. The topological polar surface area (TPSA) is 52.6 Å². The second-order valence-corrected chi connectivity index (χ2v) is 2.59. The number of rotatable bonds is 6. The standard InChI is InChI=1S/C8H11F3O4/c1-14-6(12)2-3-7(13)15-5(4-9)8(10)11/h5,8H,2-4H2,1H3. The fourth-order valence-electron chi connectivity index (χ4n) is 0.684. The Hall–Kier alpha value is -1.27. The molecule has 0 aromatic rings. The summed E-state index contributed by atoms with van der Waals surface area (Å²) in [7, 11) is 1.12. The zero-order valence-corrected chi connectivity index (χ0v) is 8.04. The van der Waals surface area contributed by atoms with Crippen LogP contribution >= 0.6 is 0 Å². The second-order valence-electron chi connectivity index (χ2n) is 2.59. The Morgan fingerprint density at radius 3 is 2.13 bits per heavy atom. The van der Waals surface area contributed by atoms with E-state index in [-0.39, 0.29) is 6.42 Å². The van der Waals surface area contributed by atoms with Gasteiger partial charge in [0.15, 0.2) is 6.10 Å². The monoisotopic (exact) mass is 228 g/mol. The number of methoxy groups -OCH3 is 1. The van der Waals surface area contributed by atoms with Gasteiger partial charge in [-0.05, 0) is 0 Å². The molecule has 0 heterocycles. The third kappa shape index (κ3) is 5.92. The van der Waals surface area contributed by atoms with Crippen molar-refractivity contribution in [2.24, 2.45) is 0 Å². The van der Waals surface area contributed by atoms with Crippen molar-refractivity contribution < 1.29 is 32.2 Å². The molecule has 7 heteroatoms. The third-order valence-corrected chi connectivity index (χ3v) is 1.48. The first-order valence-electron chi connectivity index (χ1n) is 4.11. The molecule has 0 aliphatic carbocycles. The highest BCUT2D eigenvalue weighted by Gasteiger charge is 2.24. The average Bonchev–Trinajstić information content (AvgIpc) is 2.21. The van der Waals surface area contributed by atoms with Crippen molar-refractivity contribution in [1.29, 1.82) is 0 Å². The molecule has 0 rings (SSSR count). The van der Waals surface area contributed by atoms with Crippen molar-refractivity contribution in [3.05, 3.63) is 0 Å². The summed E-state index contributed by atoms with van der Waals surface area (Å²) in [5.74, 6) is -1.72. The van der Waals surface area contributed by atoms with E-state index >= 15 is 0 Å². The molecule has 0 aromatic heterocycles. The Bertz CT molecular complexity index is 220. The molecule has 4 nitrogen and oxygen atoms in total. The van der Waals surface area contributed by atoms with Crippen LogP contribution in [0, 0.1) is 0 Å². The first-order valence-corrected chi connectivity index (χ1v) is 4.11. The lowest BCUT2D eigenvalue weighted by Crippen LogP contribution is -2.27. The lowest BCUT2D eigenvalue weighted by Gasteiger charge is -2.12. The van der Waals surface area contributed by atoms with Gasteiger partial charge in [0.2, 0.25) is 0 Å².